The third kappa shape index (κ3) is 2.54. The van der Waals surface area contributed by atoms with Crippen molar-refractivity contribution in [1.29, 1.82) is 5.41 Å². The second-order valence-corrected chi connectivity index (χ2v) is 7.87. The van der Waals surface area contributed by atoms with Gasteiger partial charge in [0, 0.05) is 22.8 Å². The molecule has 1 saturated heterocycles. The first kappa shape index (κ1) is 17.6. The average molecular weight is 368 g/mol. The molecular weight excluding hydrogens is 346 g/mol. The van der Waals surface area contributed by atoms with Crippen molar-refractivity contribution in [2.24, 2.45) is 4.99 Å². The molecule has 1 fully saturated rings. The van der Waals surface area contributed by atoms with E-state index in [-0.39, 0.29) is 29.7 Å². The molecule has 1 unspecified atom stereocenters. The Morgan fingerprint density at radius 1 is 1.00 bits per heavy atom. The van der Waals surface area contributed by atoms with Crippen molar-refractivity contribution in [2.45, 2.75) is 45.3 Å². The molecular formula is C21H22F2N4. The molecule has 6 heteroatoms. The van der Waals surface area contributed by atoms with Crippen LogP contribution in [0.5, 0.6) is 0 Å². The van der Waals surface area contributed by atoms with E-state index in [2.05, 4.69) is 4.99 Å². The van der Waals surface area contributed by atoms with Gasteiger partial charge in [-0.1, -0.05) is 13.8 Å². The van der Waals surface area contributed by atoms with E-state index in [0.29, 0.717) is 5.84 Å². The largest absolute Gasteiger partial charge is 0.301 e. The summed E-state index contributed by atoms with van der Waals surface area (Å²) < 4.78 is 27.4. The van der Waals surface area contributed by atoms with E-state index in [1.807, 2.05) is 37.5 Å². The summed E-state index contributed by atoms with van der Waals surface area (Å²) in [7, 11) is 0. The van der Waals surface area contributed by atoms with E-state index >= 15 is 0 Å². The molecule has 27 heavy (non-hydrogen) atoms. The number of aliphatic imine (C=N–C) groups is 1. The van der Waals surface area contributed by atoms with Crippen molar-refractivity contribution in [3.63, 3.8) is 0 Å². The minimum absolute atomic E-state index is 0.000810. The molecule has 1 N–H and O–H groups in total. The van der Waals surface area contributed by atoms with Gasteiger partial charge in [0.2, 0.25) is 0 Å². The maximum atomic E-state index is 13.9. The lowest BCUT2D eigenvalue weighted by atomic mass is 9.83. The SMILES string of the molecule is CC(C)N=C1C(=N)N2c3ccc(F)cc3C(C)(C)C2N1c1ccc(F)cc1. The quantitative estimate of drug-likeness (QED) is 0.835. The van der Waals surface area contributed by atoms with E-state index in [9.17, 15) is 8.78 Å². The third-order valence-electron chi connectivity index (χ3n) is 5.21. The maximum Gasteiger partial charge on any atom is 0.173 e. The number of hydrogen-bond acceptors (Lipinski definition) is 2. The monoisotopic (exact) mass is 368 g/mol. The Bertz CT molecular complexity index is 947. The van der Waals surface area contributed by atoms with Gasteiger partial charge < -0.3 is 9.80 Å². The number of hydrogen-bond donors (Lipinski definition) is 1. The highest BCUT2D eigenvalue weighted by molar-refractivity contribution is 6.52. The summed E-state index contributed by atoms with van der Waals surface area (Å²) in [6, 6.07) is 10.9. The van der Waals surface area contributed by atoms with Crippen LogP contribution in [0.4, 0.5) is 20.2 Å². The molecule has 2 aromatic carbocycles. The van der Waals surface area contributed by atoms with Crippen LogP contribution in [-0.2, 0) is 5.41 Å². The molecule has 2 heterocycles. The molecule has 4 rings (SSSR count). The van der Waals surface area contributed by atoms with E-state index < -0.39 is 5.41 Å². The van der Waals surface area contributed by atoms with Crippen molar-refractivity contribution in [1.82, 2.24) is 0 Å². The zero-order valence-electron chi connectivity index (χ0n) is 15.8. The second-order valence-electron chi connectivity index (χ2n) is 7.87. The summed E-state index contributed by atoms with van der Waals surface area (Å²) in [5.41, 5.74) is 1.96. The fraction of sp³-hybridized carbons (Fsp3) is 0.333. The normalized spacial score (nSPS) is 22.0. The summed E-state index contributed by atoms with van der Waals surface area (Å²) in [6.45, 7) is 8.00. The number of rotatable bonds is 2. The summed E-state index contributed by atoms with van der Waals surface area (Å²) >= 11 is 0. The Labute approximate surface area is 157 Å². The third-order valence-corrected chi connectivity index (χ3v) is 5.21. The highest BCUT2D eigenvalue weighted by Crippen LogP contribution is 2.50. The van der Waals surface area contributed by atoms with Gasteiger partial charge in [0.15, 0.2) is 11.7 Å². The van der Waals surface area contributed by atoms with Gasteiger partial charge >= 0.3 is 0 Å². The number of amidine groups is 2. The smallest absolute Gasteiger partial charge is 0.173 e. The van der Waals surface area contributed by atoms with Gasteiger partial charge in [-0.15, -0.1) is 0 Å². The Morgan fingerprint density at radius 3 is 2.26 bits per heavy atom. The molecule has 0 saturated carbocycles. The molecule has 2 aromatic rings. The van der Waals surface area contributed by atoms with Crippen LogP contribution in [0.3, 0.4) is 0 Å². The fourth-order valence-corrected chi connectivity index (χ4v) is 4.08. The van der Waals surface area contributed by atoms with Crippen LogP contribution < -0.4 is 9.80 Å². The van der Waals surface area contributed by atoms with Gasteiger partial charge in [0.05, 0.1) is 0 Å². The molecule has 2 aliphatic rings. The van der Waals surface area contributed by atoms with Crippen LogP contribution >= 0.6 is 0 Å². The predicted molar refractivity (Wildman–Crippen MR) is 105 cm³/mol. The topological polar surface area (TPSA) is 42.7 Å². The zero-order chi connectivity index (χ0) is 19.5. The molecule has 0 radical (unpaired) electrons. The van der Waals surface area contributed by atoms with Gasteiger partial charge in [-0.05, 0) is 61.9 Å². The lowest BCUT2D eigenvalue weighted by Crippen LogP contribution is -2.48. The van der Waals surface area contributed by atoms with E-state index in [4.69, 9.17) is 5.41 Å². The highest BCUT2D eigenvalue weighted by Gasteiger charge is 2.56. The second kappa shape index (κ2) is 5.87. The molecule has 2 aliphatic heterocycles. The molecule has 4 nitrogen and oxygen atoms in total. The van der Waals surface area contributed by atoms with E-state index in [1.165, 1.54) is 18.2 Å². The van der Waals surface area contributed by atoms with E-state index in [1.54, 1.807) is 24.3 Å². The van der Waals surface area contributed by atoms with Crippen LogP contribution in [0.15, 0.2) is 47.5 Å². The first-order valence-corrected chi connectivity index (χ1v) is 9.02. The maximum absolute atomic E-state index is 13.9. The summed E-state index contributed by atoms with van der Waals surface area (Å²) in [5.74, 6) is 0.211. The van der Waals surface area contributed by atoms with Gasteiger partial charge in [-0.25, -0.2) is 8.78 Å². The fourth-order valence-electron chi connectivity index (χ4n) is 4.08. The highest BCUT2D eigenvalue weighted by atomic mass is 19.1. The Morgan fingerprint density at radius 2 is 1.63 bits per heavy atom. The Kier molecular flexibility index (Phi) is 3.84. The van der Waals surface area contributed by atoms with Crippen LogP contribution in [0.2, 0.25) is 0 Å². The number of halogens is 2. The zero-order valence-corrected chi connectivity index (χ0v) is 15.8. The van der Waals surface area contributed by atoms with Gasteiger partial charge in [0.25, 0.3) is 0 Å². The van der Waals surface area contributed by atoms with Crippen LogP contribution in [0, 0.1) is 17.0 Å². The van der Waals surface area contributed by atoms with Crippen LogP contribution in [0.1, 0.15) is 33.3 Å². The first-order valence-electron chi connectivity index (χ1n) is 9.02. The number of nitrogens with one attached hydrogen (secondary N) is 1. The number of anilines is 2. The van der Waals surface area contributed by atoms with Crippen LogP contribution in [0.25, 0.3) is 0 Å². The van der Waals surface area contributed by atoms with Crippen molar-refractivity contribution < 1.29 is 8.78 Å². The Hall–Kier alpha value is -2.76. The van der Waals surface area contributed by atoms with Crippen molar-refractivity contribution in [2.75, 3.05) is 9.80 Å². The number of nitrogens with zero attached hydrogens (tertiary/aromatic N) is 3. The number of benzene rings is 2. The lowest BCUT2D eigenvalue weighted by molar-refractivity contribution is 0.454. The van der Waals surface area contributed by atoms with Crippen molar-refractivity contribution >= 4 is 23.0 Å². The minimum atomic E-state index is -0.466. The average Bonchev–Trinajstić information content (AvgIpc) is 3.00. The molecule has 0 amide bonds. The summed E-state index contributed by atoms with van der Waals surface area (Å²) in [6.07, 6.45) is -0.273. The number of fused-ring (bicyclic) bond motifs is 3. The van der Waals surface area contributed by atoms with E-state index in [0.717, 1.165) is 16.9 Å². The van der Waals surface area contributed by atoms with Gasteiger partial charge in [-0.2, -0.15) is 0 Å². The molecule has 0 spiro atoms. The lowest BCUT2D eigenvalue weighted by Gasteiger charge is -2.35. The Balaban J connectivity index is 1.94. The molecule has 140 valence electrons. The molecule has 0 bridgehead atoms. The summed E-state index contributed by atoms with van der Waals surface area (Å²) in [5, 5.41) is 8.80. The predicted octanol–water partition coefficient (Wildman–Crippen LogP) is 4.69. The summed E-state index contributed by atoms with van der Waals surface area (Å²) in [4.78, 5) is 8.56. The molecule has 0 aromatic heterocycles. The van der Waals surface area contributed by atoms with Crippen molar-refractivity contribution in [3.8, 4) is 0 Å². The standard InChI is InChI=1S/C21H22F2N4/c1-12(2)25-19-18(24)27-17-10-7-14(23)11-16(17)21(3,4)20(27)26(19)15-8-5-13(22)6-9-15/h5-12,20,24H,1-4H3. The molecule has 0 aliphatic carbocycles. The van der Waals surface area contributed by atoms with Crippen molar-refractivity contribution in [3.05, 3.63) is 59.7 Å². The molecule has 1 atom stereocenters. The minimum Gasteiger partial charge on any atom is -0.301 e. The van der Waals surface area contributed by atoms with Gasteiger partial charge in [0.1, 0.15) is 17.8 Å². The first-order chi connectivity index (χ1) is 12.7. The van der Waals surface area contributed by atoms with Gasteiger partial charge in [-0.3, -0.25) is 10.4 Å². The van der Waals surface area contributed by atoms with Crippen LogP contribution in [-0.4, -0.2) is 23.9 Å².